The van der Waals surface area contributed by atoms with Crippen molar-refractivity contribution in [1.29, 1.82) is 0 Å². The van der Waals surface area contributed by atoms with Gasteiger partial charge in [0, 0.05) is 18.7 Å². The number of carbonyl (C=O) groups excluding carboxylic acids is 1. The highest BCUT2D eigenvalue weighted by Gasteiger charge is 2.38. The Bertz CT molecular complexity index is 1610. The molecule has 10 nitrogen and oxygen atoms in total. The van der Waals surface area contributed by atoms with Crippen LogP contribution in [0.1, 0.15) is 36.5 Å². The third-order valence-corrected chi connectivity index (χ3v) is 6.60. The highest BCUT2D eigenvalue weighted by atomic mass is 16.2. The second-order valence-corrected chi connectivity index (χ2v) is 8.69. The van der Waals surface area contributed by atoms with Crippen molar-refractivity contribution in [3.63, 3.8) is 0 Å². The lowest BCUT2D eigenvalue weighted by Crippen LogP contribution is -2.36. The van der Waals surface area contributed by atoms with E-state index in [1.54, 1.807) is 9.58 Å². The van der Waals surface area contributed by atoms with Crippen LogP contribution in [0.25, 0.3) is 26.9 Å². The molecular weight excluding hydrogens is 454 g/mol. The normalized spacial score (nSPS) is 17.2. The number of benzene rings is 1. The van der Waals surface area contributed by atoms with Gasteiger partial charge in [-0.05, 0) is 50.5 Å². The smallest absolute Gasteiger partial charge is 0.246 e. The molecule has 1 aromatic carbocycles. The minimum atomic E-state index is -0.218. The van der Waals surface area contributed by atoms with Crippen LogP contribution in [0.4, 0.5) is 5.82 Å². The largest absolute Gasteiger partial charge is 0.383 e. The first-order valence-electron chi connectivity index (χ1n) is 11.7. The van der Waals surface area contributed by atoms with Gasteiger partial charge in [-0.15, -0.1) is 0 Å². The second-order valence-electron chi connectivity index (χ2n) is 8.69. The molecule has 3 aromatic heterocycles. The van der Waals surface area contributed by atoms with Crippen molar-refractivity contribution >= 4 is 33.8 Å². The number of likely N-dealkylation sites (tertiary alicyclic amines) is 1. The number of nitrogens with zero attached hydrogens (tertiary/aromatic N) is 8. The van der Waals surface area contributed by atoms with Crippen LogP contribution < -0.4 is 5.73 Å². The summed E-state index contributed by atoms with van der Waals surface area (Å²) < 4.78 is 3.92. The van der Waals surface area contributed by atoms with Crippen molar-refractivity contribution < 1.29 is 4.79 Å². The molecule has 0 unspecified atom stereocenters. The lowest BCUT2D eigenvalue weighted by Gasteiger charge is -2.18. The molecule has 1 amide bonds. The monoisotopic (exact) mass is 479 g/mol. The molecule has 5 rings (SSSR count). The average molecular weight is 480 g/mol. The van der Waals surface area contributed by atoms with Gasteiger partial charge in [-0.2, -0.15) is 5.10 Å². The molecule has 4 aromatic rings. The molecule has 1 saturated heterocycles. The molecule has 0 radical (unpaired) electrons. The van der Waals surface area contributed by atoms with Crippen LogP contribution in [0.3, 0.4) is 0 Å². The maximum Gasteiger partial charge on any atom is 0.246 e. The predicted octanol–water partition coefficient (Wildman–Crippen LogP) is 2.73. The van der Waals surface area contributed by atoms with Gasteiger partial charge in [0.05, 0.1) is 22.5 Å². The molecule has 2 atom stereocenters. The number of rotatable bonds is 4. The zero-order chi connectivity index (χ0) is 25.4. The van der Waals surface area contributed by atoms with E-state index in [1.165, 1.54) is 12.4 Å². The molecule has 0 spiro atoms. The van der Waals surface area contributed by atoms with Gasteiger partial charge in [0.15, 0.2) is 5.65 Å². The van der Waals surface area contributed by atoms with Crippen LogP contribution in [0, 0.1) is 25.3 Å². The van der Waals surface area contributed by atoms with E-state index in [2.05, 4.69) is 49.7 Å². The maximum atomic E-state index is 12.4. The lowest BCUT2D eigenvalue weighted by atomic mass is 10.1. The Balaban J connectivity index is 1.55. The van der Waals surface area contributed by atoms with Gasteiger partial charge in [0.1, 0.15) is 29.7 Å². The summed E-state index contributed by atoms with van der Waals surface area (Å²) in [6, 6.07) is 5.56. The third-order valence-electron chi connectivity index (χ3n) is 6.60. The number of hydrogen-bond acceptors (Lipinski definition) is 6. The molecule has 4 heterocycles. The SMILES string of the molecule is [C-]#[N+]C[C@H]1C[C@H](n2nc(C#Cc3ccc4c(c3)nc(C)n4CC)c3c(N)ncnc32)CN1C(=O)C=C. The number of fused-ring (bicyclic) bond motifs is 2. The summed E-state index contributed by atoms with van der Waals surface area (Å²) >= 11 is 0. The number of anilines is 1. The molecule has 2 N–H and O–H groups in total. The highest BCUT2D eigenvalue weighted by molar-refractivity contribution is 5.91. The van der Waals surface area contributed by atoms with E-state index in [4.69, 9.17) is 17.4 Å². The quantitative estimate of drug-likeness (QED) is 0.274. The first kappa shape index (κ1) is 23.1. The number of imidazole rings is 1. The summed E-state index contributed by atoms with van der Waals surface area (Å²) in [7, 11) is 0. The van der Waals surface area contributed by atoms with E-state index in [9.17, 15) is 4.79 Å². The Kier molecular flexibility index (Phi) is 5.87. The molecular formula is C26H25N9O. The number of carbonyl (C=O) groups is 1. The van der Waals surface area contributed by atoms with Crippen molar-refractivity contribution in [2.45, 2.75) is 38.9 Å². The minimum Gasteiger partial charge on any atom is -0.383 e. The van der Waals surface area contributed by atoms with E-state index in [0.717, 1.165) is 29.0 Å². The standard InChI is InChI=1S/C26H25N9O/c1-5-23(36)34-14-19(12-18(34)13-28-4)35-26-24(25(27)29-15-30-26)20(32-35)9-7-17-8-10-22-21(11-17)31-16(3)33(22)6-2/h5,8,10-11,15,18-19H,1,6,12-14H2,2-3H3,(H2,27,29,30)/t18-,19+/m1/s1. The van der Waals surface area contributed by atoms with Gasteiger partial charge in [-0.25, -0.2) is 26.2 Å². The van der Waals surface area contributed by atoms with E-state index in [0.29, 0.717) is 29.7 Å². The zero-order valence-electron chi connectivity index (χ0n) is 20.1. The molecule has 0 aliphatic carbocycles. The Morgan fingerprint density at radius 3 is 2.94 bits per heavy atom. The summed E-state index contributed by atoms with van der Waals surface area (Å²) in [5.41, 5.74) is 10.0. The van der Waals surface area contributed by atoms with Crippen LogP contribution >= 0.6 is 0 Å². The maximum absolute atomic E-state index is 12.4. The number of nitrogens with two attached hydrogens (primary N) is 1. The molecule has 180 valence electrons. The van der Waals surface area contributed by atoms with E-state index in [-0.39, 0.29) is 30.4 Å². The Hall–Kier alpha value is -4.70. The summed E-state index contributed by atoms with van der Waals surface area (Å²) in [5.74, 6) is 7.38. The van der Waals surface area contributed by atoms with E-state index in [1.807, 2.05) is 25.1 Å². The van der Waals surface area contributed by atoms with Gasteiger partial charge < -0.3 is 20.0 Å². The fourth-order valence-corrected chi connectivity index (χ4v) is 4.93. The number of nitrogen functional groups attached to an aromatic ring is 1. The third kappa shape index (κ3) is 3.83. The van der Waals surface area contributed by atoms with Crippen LogP contribution in [0.2, 0.25) is 0 Å². The van der Waals surface area contributed by atoms with Crippen molar-refractivity contribution in [2.24, 2.45) is 0 Å². The zero-order valence-corrected chi connectivity index (χ0v) is 20.1. The minimum absolute atomic E-state index is 0.176. The number of hydrogen-bond donors (Lipinski definition) is 1. The molecule has 36 heavy (non-hydrogen) atoms. The molecule has 0 saturated carbocycles. The van der Waals surface area contributed by atoms with Crippen LogP contribution in [-0.2, 0) is 11.3 Å². The summed E-state index contributed by atoms with van der Waals surface area (Å²) in [6.07, 6.45) is 3.25. The Morgan fingerprint density at radius 2 is 2.19 bits per heavy atom. The molecule has 0 bridgehead atoms. The second kappa shape index (κ2) is 9.16. The molecule has 10 heteroatoms. The topological polar surface area (TPSA) is 112 Å². The van der Waals surface area contributed by atoms with Gasteiger partial charge in [-0.1, -0.05) is 12.5 Å². The summed E-state index contributed by atoms with van der Waals surface area (Å²) in [4.78, 5) is 30.8. The first-order valence-corrected chi connectivity index (χ1v) is 11.7. The van der Waals surface area contributed by atoms with Crippen molar-refractivity contribution in [3.8, 4) is 11.8 Å². The average Bonchev–Trinajstić information content (AvgIpc) is 3.55. The molecule has 1 aliphatic heterocycles. The van der Waals surface area contributed by atoms with Crippen LogP contribution in [0.5, 0.6) is 0 Å². The number of amides is 1. The van der Waals surface area contributed by atoms with Gasteiger partial charge in [-0.3, -0.25) is 4.79 Å². The van der Waals surface area contributed by atoms with Crippen LogP contribution in [0.15, 0.2) is 37.2 Å². The van der Waals surface area contributed by atoms with Crippen LogP contribution in [-0.4, -0.2) is 59.2 Å². The summed E-state index contributed by atoms with van der Waals surface area (Å²) in [6.45, 7) is 16.4. The fraction of sp³-hybridized carbons (Fsp3) is 0.308. The van der Waals surface area contributed by atoms with Crippen molar-refractivity contribution in [1.82, 2.24) is 34.2 Å². The Labute approximate surface area is 208 Å². The number of aromatic nitrogens is 6. The Morgan fingerprint density at radius 1 is 1.36 bits per heavy atom. The van der Waals surface area contributed by atoms with Gasteiger partial charge in [0.25, 0.3) is 0 Å². The molecule has 1 aliphatic rings. The van der Waals surface area contributed by atoms with Crippen molar-refractivity contribution in [2.75, 3.05) is 18.8 Å². The lowest BCUT2D eigenvalue weighted by molar-refractivity contribution is -0.126. The molecule has 1 fully saturated rings. The fourth-order valence-electron chi connectivity index (χ4n) is 4.93. The van der Waals surface area contributed by atoms with Gasteiger partial charge >= 0.3 is 0 Å². The first-order chi connectivity index (χ1) is 17.4. The highest BCUT2D eigenvalue weighted by Crippen LogP contribution is 2.32. The van der Waals surface area contributed by atoms with Crippen molar-refractivity contribution in [3.05, 3.63) is 65.7 Å². The van der Waals surface area contributed by atoms with Gasteiger partial charge in [0.2, 0.25) is 12.5 Å². The number of aryl methyl sites for hydroxylation is 2. The summed E-state index contributed by atoms with van der Waals surface area (Å²) in [5, 5.41) is 5.33. The van der Waals surface area contributed by atoms with E-state index < -0.39 is 0 Å². The van der Waals surface area contributed by atoms with E-state index >= 15 is 0 Å². The predicted molar refractivity (Wildman–Crippen MR) is 137 cm³/mol.